The van der Waals surface area contributed by atoms with Crippen molar-refractivity contribution in [2.24, 2.45) is 0 Å². The third-order valence-electron chi connectivity index (χ3n) is 8.60. The van der Waals surface area contributed by atoms with Gasteiger partial charge in [-0.15, -0.1) is 13.2 Å². The lowest BCUT2D eigenvalue weighted by molar-refractivity contribution is 0.594. The van der Waals surface area contributed by atoms with Crippen LogP contribution in [0.4, 0.5) is 28.4 Å². The summed E-state index contributed by atoms with van der Waals surface area (Å²) in [7, 11) is 2.10. The molecule has 4 heteroatoms. The molecule has 0 aliphatic carbocycles. The van der Waals surface area contributed by atoms with E-state index in [9.17, 15) is 0 Å². The second kappa shape index (κ2) is 17.8. The lowest BCUT2D eigenvalue weighted by Gasteiger charge is -2.27. The van der Waals surface area contributed by atoms with Crippen LogP contribution >= 0.6 is 0 Å². The summed E-state index contributed by atoms with van der Waals surface area (Å²) < 4.78 is 0. The Bertz CT molecular complexity index is 2200. The highest BCUT2D eigenvalue weighted by molar-refractivity contribution is 5.89. The summed E-state index contributed by atoms with van der Waals surface area (Å²) in [5.41, 5.74) is 12.4. The van der Waals surface area contributed by atoms with Gasteiger partial charge in [0.05, 0.1) is 22.4 Å². The molecule has 7 aromatic rings. The predicted octanol–water partition coefficient (Wildman–Crippen LogP) is 13.9. The van der Waals surface area contributed by atoms with Crippen molar-refractivity contribution >= 4 is 39.5 Å². The maximum atomic E-state index is 5.31. The molecule has 0 amide bonds. The molecule has 53 heavy (non-hydrogen) atoms. The van der Waals surface area contributed by atoms with Crippen LogP contribution in [0.3, 0.4) is 0 Å². The summed E-state index contributed by atoms with van der Waals surface area (Å²) in [6.07, 6.45) is 3.50. The van der Waals surface area contributed by atoms with Crippen molar-refractivity contribution in [2.75, 3.05) is 16.8 Å². The summed E-state index contributed by atoms with van der Waals surface area (Å²) in [4.78, 5) is 15.1. The molecule has 0 fully saturated rings. The molecule has 0 bridgehead atoms. The lowest BCUT2D eigenvalue weighted by atomic mass is 9.86. The second-order valence-electron chi connectivity index (χ2n) is 13.7. The molecule has 1 heterocycles. The zero-order valence-corrected chi connectivity index (χ0v) is 31.9. The van der Waals surface area contributed by atoms with Crippen LogP contribution in [0.1, 0.15) is 40.2 Å². The number of hydrogen-bond acceptors (Lipinski definition) is 4. The number of benzene rings is 6. The maximum absolute atomic E-state index is 5.31. The molecule has 4 nitrogen and oxygen atoms in total. The number of para-hydroxylation sites is 3. The van der Waals surface area contributed by atoms with E-state index in [4.69, 9.17) is 9.97 Å². The minimum absolute atomic E-state index is 0.0542. The second-order valence-corrected chi connectivity index (χ2v) is 13.7. The molecular weight excluding hydrogens is 645 g/mol. The van der Waals surface area contributed by atoms with Crippen LogP contribution in [0, 0.1) is 0 Å². The van der Waals surface area contributed by atoms with E-state index in [0.29, 0.717) is 0 Å². The van der Waals surface area contributed by atoms with E-state index < -0.39 is 0 Å². The standard InChI is InChI=1S/C43H38N4.2C3H6/c1-43(2,3)38-21-14-22-39-42(38)45-41(31-15-8-5-9-16-31)40(44-39)32-23-25-36(26-24-32)47(35-19-12-7-13-20-35)37-29-27-34(28-30-37)46(4)33-17-10-6-11-18-33;2*1-3-2/h5-30H,1-4H3;2*3H,1H2,2H3. The van der Waals surface area contributed by atoms with Gasteiger partial charge in [-0.25, -0.2) is 9.97 Å². The van der Waals surface area contributed by atoms with Crippen molar-refractivity contribution in [3.8, 4) is 22.5 Å². The third kappa shape index (κ3) is 9.16. The zero-order chi connectivity index (χ0) is 37.8. The Morgan fingerprint density at radius 1 is 0.472 bits per heavy atom. The SMILES string of the molecule is C=CC.C=CC.CN(c1ccccc1)c1ccc(N(c2ccccc2)c2ccc(-c3nc4cccc(C(C)(C)C)c4nc3-c3ccccc3)cc2)cc1. The van der Waals surface area contributed by atoms with Crippen LogP contribution in [-0.4, -0.2) is 17.0 Å². The van der Waals surface area contributed by atoms with Gasteiger partial charge in [0.15, 0.2) is 0 Å². The minimum Gasteiger partial charge on any atom is -0.345 e. The molecule has 0 saturated heterocycles. The summed E-state index contributed by atoms with van der Waals surface area (Å²) >= 11 is 0. The maximum Gasteiger partial charge on any atom is 0.0973 e. The predicted molar refractivity (Wildman–Crippen MR) is 230 cm³/mol. The Labute approximate surface area is 316 Å². The van der Waals surface area contributed by atoms with E-state index in [1.54, 1.807) is 12.2 Å². The third-order valence-corrected chi connectivity index (χ3v) is 8.60. The number of allylic oxidation sites excluding steroid dienone is 2. The van der Waals surface area contributed by atoms with Crippen LogP contribution in [0.2, 0.25) is 0 Å². The molecule has 0 unspecified atom stereocenters. The first-order valence-electron chi connectivity index (χ1n) is 18.0. The van der Waals surface area contributed by atoms with Crippen molar-refractivity contribution in [3.05, 3.63) is 189 Å². The van der Waals surface area contributed by atoms with Gasteiger partial charge in [0.25, 0.3) is 0 Å². The fourth-order valence-electron chi connectivity index (χ4n) is 6.10. The first-order valence-corrected chi connectivity index (χ1v) is 18.0. The van der Waals surface area contributed by atoms with Gasteiger partial charge in [0.1, 0.15) is 0 Å². The van der Waals surface area contributed by atoms with Crippen molar-refractivity contribution < 1.29 is 0 Å². The molecule has 0 saturated carbocycles. The summed E-state index contributed by atoms with van der Waals surface area (Å²) in [6.45, 7) is 17.2. The lowest BCUT2D eigenvalue weighted by Crippen LogP contribution is -2.13. The van der Waals surface area contributed by atoms with Crippen LogP contribution < -0.4 is 9.80 Å². The minimum atomic E-state index is -0.0542. The van der Waals surface area contributed by atoms with Crippen LogP contribution in [0.25, 0.3) is 33.5 Å². The molecule has 1 aromatic heterocycles. The molecule has 266 valence electrons. The number of fused-ring (bicyclic) bond motifs is 1. The molecule has 0 spiro atoms. The highest BCUT2D eigenvalue weighted by atomic mass is 15.1. The average molecular weight is 695 g/mol. The Kier molecular flexibility index (Phi) is 12.7. The Hall–Kier alpha value is -6.26. The van der Waals surface area contributed by atoms with Crippen molar-refractivity contribution in [3.63, 3.8) is 0 Å². The molecule has 6 aromatic carbocycles. The van der Waals surface area contributed by atoms with E-state index >= 15 is 0 Å². The molecule has 7 rings (SSSR count). The fourth-order valence-corrected chi connectivity index (χ4v) is 6.10. The molecule has 0 atom stereocenters. The number of hydrogen-bond donors (Lipinski definition) is 0. The van der Waals surface area contributed by atoms with Crippen LogP contribution in [-0.2, 0) is 5.41 Å². The number of anilines is 5. The van der Waals surface area contributed by atoms with Gasteiger partial charge in [-0.05, 0) is 91.6 Å². The monoisotopic (exact) mass is 694 g/mol. The fraction of sp³-hybridized carbons (Fsp3) is 0.143. The quantitative estimate of drug-likeness (QED) is 0.155. The Balaban J connectivity index is 0.000000847. The van der Waals surface area contributed by atoms with Gasteiger partial charge in [0, 0.05) is 46.6 Å². The summed E-state index contributed by atoms with van der Waals surface area (Å²) in [5, 5.41) is 0. The first-order chi connectivity index (χ1) is 25.7. The smallest absolute Gasteiger partial charge is 0.0973 e. The van der Waals surface area contributed by atoms with Gasteiger partial charge in [-0.2, -0.15) is 0 Å². The Morgan fingerprint density at radius 2 is 0.868 bits per heavy atom. The van der Waals surface area contributed by atoms with Crippen molar-refractivity contribution in [1.82, 2.24) is 9.97 Å². The summed E-state index contributed by atoms with van der Waals surface area (Å²) in [6, 6.07) is 55.1. The normalized spacial score (nSPS) is 10.6. The van der Waals surface area contributed by atoms with E-state index in [0.717, 1.165) is 62.0 Å². The van der Waals surface area contributed by atoms with Gasteiger partial charge in [-0.1, -0.05) is 124 Å². The Morgan fingerprint density at radius 3 is 1.40 bits per heavy atom. The van der Waals surface area contributed by atoms with E-state index in [2.05, 4.69) is 196 Å². The topological polar surface area (TPSA) is 32.3 Å². The average Bonchev–Trinajstić information content (AvgIpc) is 3.19. The molecule has 0 aliphatic rings. The number of aromatic nitrogens is 2. The number of rotatable bonds is 7. The summed E-state index contributed by atoms with van der Waals surface area (Å²) in [5.74, 6) is 0. The first kappa shape index (κ1) is 38.0. The highest BCUT2D eigenvalue weighted by Crippen LogP contribution is 2.39. The molecule has 0 N–H and O–H groups in total. The van der Waals surface area contributed by atoms with Gasteiger partial charge >= 0.3 is 0 Å². The largest absolute Gasteiger partial charge is 0.345 e. The molecular formula is C49H50N4. The van der Waals surface area contributed by atoms with E-state index in [1.807, 2.05) is 26.0 Å². The molecule has 0 aliphatic heterocycles. The van der Waals surface area contributed by atoms with Gasteiger partial charge < -0.3 is 9.80 Å². The number of nitrogens with zero attached hydrogens (tertiary/aromatic N) is 4. The van der Waals surface area contributed by atoms with Crippen LogP contribution in [0.5, 0.6) is 0 Å². The van der Waals surface area contributed by atoms with Gasteiger partial charge in [-0.3, -0.25) is 0 Å². The van der Waals surface area contributed by atoms with E-state index in [-0.39, 0.29) is 5.41 Å². The van der Waals surface area contributed by atoms with Gasteiger partial charge in [0.2, 0.25) is 0 Å². The van der Waals surface area contributed by atoms with Crippen molar-refractivity contribution in [2.45, 2.75) is 40.0 Å². The zero-order valence-electron chi connectivity index (χ0n) is 31.9. The highest BCUT2D eigenvalue weighted by Gasteiger charge is 2.21. The van der Waals surface area contributed by atoms with Crippen LogP contribution in [0.15, 0.2) is 183 Å². The van der Waals surface area contributed by atoms with E-state index in [1.165, 1.54) is 5.56 Å². The van der Waals surface area contributed by atoms with Crippen molar-refractivity contribution in [1.29, 1.82) is 0 Å². The molecule has 0 radical (unpaired) electrons.